The number of hydrogen-bond donors (Lipinski definition) is 0. The summed E-state index contributed by atoms with van der Waals surface area (Å²) in [6.45, 7) is 3.14. The molecule has 0 aromatic heterocycles. The van der Waals surface area contributed by atoms with Gasteiger partial charge < -0.3 is 4.74 Å². The molecule has 0 saturated heterocycles. The zero-order chi connectivity index (χ0) is 29.4. The van der Waals surface area contributed by atoms with Crippen molar-refractivity contribution in [3.63, 3.8) is 0 Å². The highest BCUT2D eigenvalue weighted by molar-refractivity contribution is 9.12. The minimum absolute atomic E-state index is 0.0274. The van der Waals surface area contributed by atoms with Gasteiger partial charge in [0.2, 0.25) is 0 Å². The number of ether oxygens (including phenoxy) is 1. The summed E-state index contributed by atoms with van der Waals surface area (Å²) in [6.07, 6.45) is 9.99. The summed E-state index contributed by atoms with van der Waals surface area (Å²) in [4.78, 5) is 12.3. The maximum absolute atomic E-state index is 13.9. The van der Waals surface area contributed by atoms with Gasteiger partial charge in [0.15, 0.2) is 0 Å². The first-order valence-corrected chi connectivity index (χ1v) is 14.6. The minimum atomic E-state index is -5.18. The monoisotopic (exact) mass is 700 g/mol. The van der Waals surface area contributed by atoms with Gasteiger partial charge in [0.1, 0.15) is 4.32 Å². The Morgan fingerprint density at radius 2 is 1.00 bits per heavy atom. The average Bonchev–Trinajstić information content (AvgIpc) is 2.84. The lowest BCUT2D eigenvalue weighted by Crippen LogP contribution is -2.75. The van der Waals surface area contributed by atoms with Crippen LogP contribution in [0.4, 0.5) is 35.9 Å². The van der Waals surface area contributed by atoms with Crippen LogP contribution < -0.4 is 0 Å². The quantitative estimate of drug-likeness (QED) is 0.0264. The fourth-order valence-electron chi connectivity index (χ4n) is 3.94. The smallest absolute Gasteiger partial charge is 0.378 e. The first-order chi connectivity index (χ1) is 17.8. The maximum Gasteiger partial charge on any atom is 0.378 e. The van der Waals surface area contributed by atoms with Crippen molar-refractivity contribution in [2.24, 2.45) is 0 Å². The summed E-state index contributed by atoms with van der Waals surface area (Å²) >= 11 is 5.50. The molecule has 0 N–H and O–H groups in total. The third-order valence-electron chi connectivity index (χ3n) is 6.33. The lowest BCUT2D eigenvalue weighted by atomic mass is 9.96. The number of esters is 1. The summed E-state index contributed by atoms with van der Waals surface area (Å²) in [5.41, 5.74) is -4.73. The number of halogens is 10. The third kappa shape index (κ3) is 10.6. The molecule has 6 nitrogen and oxygen atoms in total. The van der Waals surface area contributed by atoms with E-state index in [1.165, 1.54) is 32.1 Å². The van der Waals surface area contributed by atoms with Crippen LogP contribution in [0, 0.1) is 0 Å². The van der Waals surface area contributed by atoms with Gasteiger partial charge in [0.05, 0.1) is 21.4 Å². The van der Waals surface area contributed by atoms with E-state index >= 15 is 0 Å². The third-order valence-corrected chi connectivity index (χ3v) is 8.81. The molecule has 38 heavy (non-hydrogen) atoms. The Labute approximate surface area is 235 Å². The predicted molar refractivity (Wildman–Crippen MR) is 134 cm³/mol. The molecule has 0 aliphatic rings. The van der Waals surface area contributed by atoms with E-state index < -0.39 is 61.4 Å². The molecule has 1 unspecified atom stereocenters. The summed E-state index contributed by atoms with van der Waals surface area (Å²) < 4.78 is 113. The molecule has 0 aliphatic heterocycles. The Morgan fingerprint density at radius 3 is 1.29 bits per heavy atom. The van der Waals surface area contributed by atoms with Crippen LogP contribution in [-0.2, 0) is 9.53 Å². The number of rotatable bonds is 23. The Balaban J connectivity index is 5.17. The molecule has 0 heterocycles. The molecule has 0 rings (SSSR count). The molecular formula is C22H38Br2F8N4O2. The van der Waals surface area contributed by atoms with Crippen LogP contribution in [-0.4, -0.2) is 48.5 Å². The van der Waals surface area contributed by atoms with E-state index in [0.29, 0.717) is 12.8 Å². The molecular weight excluding hydrogens is 664 g/mol. The molecule has 0 aromatic rings. The number of hydrogen-bond acceptors (Lipinski definition) is 6. The minimum Gasteiger partial charge on any atom is -0.416 e. The van der Waals surface area contributed by atoms with E-state index in [4.69, 9.17) is 0 Å². The van der Waals surface area contributed by atoms with Gasteiger partial charge in [-0.05, 0) is 19.8 Å². The normalized spacial score (nSPS) is 14.6. The highest BCUT2D eigenvalue weighted by Gasteiger charge is 2.76. The van der Waals surface area contributed by atoms with Crippen molar-refractivity contribution in [2.45, 2.75) is 126 Å². The van der Waals surface area contributed by atoms with Crippen molar-refractivity contribution in [1.82, 2.24) is 21.4 Å². The van der Waals surface area contributed by atoms with E-state index in [1.54, 1.807) is 0 Å². The Bertz CT molecular complexity index is 636. The molecule has 0 saturated carbocycles. The van der Waals surface area contributed by atoms with E-state index in [1.807, 2.05) is 0 Å². The molecule has 0 bridgehead atoms. The molecule has 0 spiro atoms. The average molecular weight is 702 g/mol. The van der Waals surface area contributed by atoms with E-state index in [0.717, 1.165) is 39.0 Å². The molecule has 0 radical (unpaired) electrons. The van der Waals surface area contributed by atoms with Gasteiger partial charge in [-0.2, -0.15) is 0 Å². The van der Waals surface area contributed by atoms with E-state index in [2.05, 4.69) is 43.5 Å². The first kappa shape index (κ1) is 37.7. The number of carbonyl (C=O) groups excluding carboxylic acids is 1. The van der Waals surface area contributed by atoms with Crippen molar-refractivity contribution in [3.05, 3.63) is 0 Å². The number of alkyl halides is 2. The van der Waals surface area contributed by atoms with Crippen LogP contribution in [0.5, 0.6) is 0 Å². The van der Waals surface area contributed by atoms with E-state index in [9.17, 15) is 40.6 Å². The molecule has 0 aromatic carbocycles. The maximum atomic E-state index is 13.9. The summed E-state index contributed by atoms with van der Waals surface area (Å²) in [5.74, 6) is -7.09. The fraction of sp³-hybridized carbons (Fsp3) is 0.955. The Morgan fingerprint density at radius 1 is 0.658 bits per heavy atom. The second-order valence-corrected chi connectivity index (χ2v) is 11.7. The van der Waals surface area contributed by atoms with Crippen LogP contribution in [0.1, 0.15) is 110 Å². The highest BCUT2D eigenvalue weighted by Crippen LogP contribution is 2.47. The van der Waals surface area contributed by atoms with E-state index in [-0.39, 0.29) is 6.42 Å². The molecule has 0 aliphatic carbocycles. The molecule has 0 fully saturated rings. The van der Waals surface area contributed by atoms with Crippen LogP contribution in [0.25, 0.3) is 0 Å². The van der Waals surface area contributed by atoms with Gasteiger partial charge in [0, 0.05) is 5.33 Å². The van der Waals surface area contributed by atoms with Gasteiger partial charge in [-0.15, -0.1) is 0 Å². The van der Waals surface area contributed by atoms with Gasteiger partial charge >= 0.3 is 11.8 Å². The largest absolute Gasteiger partial charge is 0.416 e. The number of nitrogens with zero attached hydrogens (tertiary/aromatic N) is 4. The molecule has 0 amide bonds. The molecule has 1 atom stereocenters. The lowest BCUT2D eigenvalue weighted by molar-refractivity contribution is -0.541. The van der Waals surface area contributed by atoms with Crippen molar-refractivity contribution in [2.75, 3.05) is 5.33 Å². The van der Waals surface area contributed by atoms with Gasteiger partial charge in [-0.25, -0.2) is 0 Å². The zero-order valence-electron chi connectivity index (χ0n) is 21.7. The predicted octanol–water partition coefficient (Wildman–Crippen LogP) is 9.58. The Hall–Kier alpha value is -0.290. The Kier molecular flexibility index (Phi) is 18.8. The molecule has 228 valence electrons. The second kappa shape index (κ2) is 18.9. The number of unbranched alkanes of at least 4 members (excludes halogenated alkanes) is 13. The standard InChI is InChI=1S/C22H38Br2F8N4O2/c1-3-4-5-6-7-8-9-10-11-12-13-14-15-16-17-21(33(25)26,34(27)28)22(35(29)30,36(31)32)38-19(37)20(2,24)18-23/h3-18H2,1-2H3. The zero-order valence-corrected chi connectivity index (χ0v) is 24.9. The van der Waals surface area contributed by atoms with Crippen molar-refractivity contribution >= 4 is 37.8 Å². The van der Waals surface area contributed by atoms with Crippen molar-refractivity contribution in [1.29, 1.82) is 0 Å². The fourth-order valence-corrected chi connectivity index (χ4v) is 4.25. The second-order valence-electron chi connectivity index (χ2n) is 9.42. The van der Waals surface area contributed by atoms with Crippen LogP contribution in [0.3, 0.4) is 0 Å². The van der Waals surface area contributed by atoms with Gasteiger partial charge in [0.25, 0.3) is 5.66 Å². The topological polar surface area (TPSA) is 39.3 Å². The number of carbonyl (C=O) groups is 1. The summed E-state index contributed by atoms with van der Waals surface area (Å²) in [5, 5.41) is -10.7. The SMILES string of the molecule is CCCCCCCCCCCCCCCCC(N(F)F)(N(F)F)C(OC(=O)C(C)(Br)CBr)(N(F)F)N(F)F. The lowest BCUT2D eigenvalue weighted by Gasteiger charge is -2.46. The first-order valence-electron chi connectivity index (χ1n) is 12.7. The van der Waals surface area contributed by atoms with Crippen molar-refractivity contribution in [3.8, 4) is 0 Å². The highest BCUT2D eigenvalue weighted by atomic mass is 79.9. The van der Waals surface area contributed by atoms with Crippen molar-refractivity contribution < 1.29 is 45.4 Å². The summed E-state index contributed by atoms with van der Waals surface area (Å²) in [6, 6.07) is 0. The van der Waals surface area contributed by atoms with Crippen LogP contribution in [0.2, 0.25) is 0 Å². The van der Waals surface area contributed by atoms with Crippen LogP contribution in [0.15, 0.2) is 0 Å². The summed E-state index contributed by atoms with van der Waals surface area (Å²) in [7, 11) is 0. The van der Waals surface area contributed by atoms with Crippen LogP contribution >= 0.6 is 31.9 Å². The molecule has 16 heteroatoms. The van der Waals surface area contributed by atoms with Gasteiger partial charge in [-0.1, -0.05) is 158 Å². The van der Waals surface area contributed by atoms with Gasteiger partial charge in [-0.3, -0.25) is 4.79 Å².